The van der Waals surface area contributed by atoms with Crippen LogP contribution in [-0.4, -0.2) is 42.8 Å². The highest BCUT2D eigenvalue weighted by Crippen LogP contribution is 2.24. The lowest BCUT2D eigenvalue weighted by molar-refractivity contribution is 0.0937. The topological polar surface area (TPSA) is 71.4 Å². The van der Waals surface area contributed by atoms with Gasteiger partial charge in [-0.15, -0.1) is 0 Å². The Morgan fingerprint density at radius 2 is 1.75 bits per heavy atom. The SMILES string of the molecule is CCN(CC)S(=O)(=O)c1cc(C(=O)NCC(C)(C)c2ccc(Br)cc2)n(C)c1. The summed E-state index contributed by atoms with van der Waals surface area (Å²) in [5, 5.41) is 2.94. The molecule has 0 aliphatic rings. The first kappa shape index (κ1) is 22.6. The molecule has 0 saturated heterocycles. The van der Waals surface area contributed by atoms with E-state index in [1.165, 1.54) is 16.6 Å². The van der Waals surface area contributed by atoms with Crippen LogP contribution in [0.4, 0.5) is 0 Å². The summed E-state index contributed by atoms with van der Waals surface area (Å²) >= 11 is 3.43. The molecule has 0 aliphatic heterocycles. The van der Waals surface area contributed by atoms with Gasteiger partial charge >= 0.3 is 0 Å². The Bertz CT molecular complexity index is 930. The van der Waals surface area contributed by atoms with E-state index >= 15 is 0 Å². The Labute approximate surface area is 176 Å². The van der Waals surface area contributed by atoms with E-state index in [2.05, 4.69) is 35.1 Å². The lowest BCUT2D eigenvalue weighted by atomic mass is 9.84. The highest BCUT2D eigenvalue weighted by Gasteiger charge is 2.26. The van der Waals surface area contributed by atoms with Crippen LogP contribution in [0.1, 0.15) is 43.7 Å². The van der Waals surface area contributed by atoms with E-state index < -0.39 is 10.0 Å². The smallest absolute Gasteiger partial charge is 0.267 e. The molecule has 1 heterocycles. The van der Waals surface area contributed by atoms with Crippen LogP contribution in [0.15, 0.2) is 45.9 Å². The lowest BCUT2D eigenvalue weighted by Crippen LogP contribution is -2.37. The molecule has 0 aliphatic carbocycles. The first-order valence-corrected chi connectivity index (χ1v) is 11.5. The third-order valence-corrected chi connectivity index (χ3v) is 7.42. The molecule has 8 heteroatoms. The number of rotatable bonds is 8. The molecular weight excluding hydrogens is 442 g/mol. The highest BCUT2D eigenvalue weighted by molar-refractivity contribution is 9.10. The fourth-order valence-corrected chi connectivity index (χ4v) is 4.80. The van der Waals surface area contributed by atoms with Gasteiger partial charge in [0.25, 0.3) is 5.91 Å². The molecule has 0 atom stereocenters. The van der Waals surface area contributed by atoms with Gasteiger partial charge in [-0.05, 0) is 23.8 Å². The molecule has 2 rings (SSSR count). The van der Waals surface area contributed by atoms with E-state index in [0.717, 1.165) is 10.0 Å². The summed E-state index contributed by atoms with van der Waals surface area (Å²) in [4.78, 5) is 12.8. The van der Waals surface area contributed by atoms with Gasteiger partial charge in [-0.25, -0.2) is 8.42 Å². The normalized spacial score (nSPS) is 12.4. The maximum absolute atomic E-state index is 12.7. The molecule has 154 valence electrons. The van der Waals surface area contributed by atoms with Crippen LogP contribution < -0.4 is 5.32 Å². The van der Waals surface area contributed by atoms with Gasteiger partial charge in [0.15, 0.2) is 0 Å². The minimum absolute atomic E-state index is 0.135. The Morgan fingerprint density at radius 3 is 2.29 bits per heavy atom. The minimum atomic E-state index is -3.60. The van der Waals surface area contributed by atoms with Crippen molar-refractivity contribution in [3.05, 3.63) is 52.3 Å². The third kappa shape index (κ3) is 4.85. The number of aryl methyl sites for hydroxylation is 1. The van der Waals surface area contributed by atoms with Crippen LogP contribution in [0.5, 0.6) is 0 Å². The number of nitrogens with one attached hydrogen (secondary N) is 1. The zero-order valence-corrected chi connectivity index (χ0v) is 19.4. The number of carbonyl (C=O) groups is 1. The molecule has 1 aromatic heterocycles. The lowest BCUT2D eigenvalue weighted by Gasteiger charge is -2.25. The van der Waals surface area contributed by atoms with Crippen molar-refractivity contribution in [1.82, 2.24) is 14.2 Å². The number of halogens is 1. The first-order valence-electron chi connectivity index (χ1n) is 9.23. The summed E-state index contributed by atoms with van der Waals surface area (Å²) in [5.41, 5.74) is 1.16. The summed E-state index contributed by atoms with van der Waals surface area (Å²) in [7, 11) is -1.92. The Morgan fingerprint density at radius 1 is 1.18 bits per heavy atom. The largest absolute Gasteiger partial charge is 0.350 e. The summed E-state index contributed by atoms with van der Waals surface area (Å²) < 4.78 is 29.3. The van der Waals surface area contributed by atoms with E-state index in [1.807, 2.05) is 24.3 Å². The van der Waals surface area contributed by atoms with Crippen molar-refractivity contribution >= 4 is 31.9 Å². The van der Waals surface area contributed by atoms with E-state index in [-0.39, 0.29) is 16.2 Å². The van der Waals surface area contributed by atoms with Gasteiger partial charge in [-0.3, -0.25) is 4.79 Å². The predicted octanol–water partition coefficient (Wildman–Crippen LogP) is 3.53. The molecular formula is C20H28BrN3O3S. The molecule has 0 spiro atoms. The molecule has 0 radical (unpaired) electrons. The molecule has 0 bridgehead atoms. The van der Waals surface area contributed by atoms with Crippen LogP contribution in [0.25, 0.3) is 0 Å². The number of aromatic nitrogens is 1. The average Bonchev–Trinajstić information content (AvgIpc) is 3.03. The molecule has 6 nitrogen and oxygen atoms in total. The van der Waals surface area contributed by atoms with Crippen molar-refractivity contribution in [2.45, 2.75) is 38.0 Å². The van der Waals surface area contributed by atoms with Crippen molar-refractivity contribution in [3.8, 4) is 0 Å². The Kier molecular flexibility index (Phi) is 7.12. The minimum Gasteiger partial charge on any atom is -0.350 e. The first-order chi connectivity index (χ1) is 13.0. The fraction of sp³-hybridized carbons (Fsp3) is 0.450. The zero-order chi connectivity index (χ0) is 21.1. The van der Waals surface area contributed by atoms with E-state index in [0.29, 0.717) is 25.3 Å². The van der Waals surface area contributed by atoms with Crippen molar-refractivity contribution in [2.24, 2.45) is 7.05 Å². The monoisotopic (exact) mass is 469 g/mol. The zero-order valence-electron chi connectivity index (χ0n) is 17.0. The second-order valence-electron chi connectivity index (χ2n) is 7.33. The summed E-state index contributed by atoms with van der Waals surface area (Å²) in [6, 6.07) is 9.43. The van der Waals surface area contributed by atoms with Crippen LogP contribution in [0.3, 0.4) is 0 Å². The number of benzene rings is 1. The van der Waals surface area contributed by atoms with Crippen LogP contribution in [0.2, 0.25) is 0 Å². The van der Waals surface area contributed by atoms with Crippen molar-refractivity contribution in [1.29, 1.82) is 0 Å². The molecule has 28 heavy (non-hydrogen) atoms. The second kappa shape index (κ2) is 8.80. The van der Waals surface area contributed by atoms with Crippen LogP contribution >= 0.6 is 15.9 Å². The van der Waals surface area contributed by atoms with E-state index in [1.54, 1.807) is 25.5 Å². The van der Waals surface area contributed by atoms with Gasteiger partial charge in [0.05, 0.1) is 0 Å². The standard InChI is InChI=1S/C20H28BrN3O3S/c1-6-24(7-2)28(26,27)17-12-18(23(5)13-17)19(25)22-14-20(3,4)15-8-10-16(21)11-9-15/h8-13H,6-7,14H2,1-5H3,(H,22,25). The fourth-order valence-electron chi connectivity index (χ4n) is 3.01. The summed E-state index contributed by atoms with van der Waals surface area (Å²) in [6.07, 6.45) is 1.49. The Hall–Kier alpha value is -1.64. The number of carbonyl (C=O) groups excluding carboxylic acids is 1. The van der Waals surface area contributed by atoms with Gasteiger partial charge in [-0.2, -0.15) is 4.31 Å². The molecule has 1 amide bonds. The van der Waals surface area contributed by atoms with Gasteiger partial charge in [0, 0.05) is 42.8 Å². The predicted molar refractivity (Wildman–Crippen MR) is 115 cm³/mol. The number of nitrogens with zero attached hydrogens (tertiary/aromatic N) is 2. The molecule has 0 fully saturated rings. The molecule has 1 aromatic carbocycles. The Balaban J connectivity index is 2.17. The summed E-state index contributed by atoms with van der Waals surface area (Å²) in [6.45, 7) is 8.89. The highest BCUT2D eigenvalue weighted by atomic mass is 79.9. The maximum atomic E-state index is 12.7. The van der Waals surface area contributed by atoms with E-state index in [9.17, 15) is 13.2 Å². The number of sulfonamides is 1. The number of amides is 1. The molecule has 1 N–H and O–H groups in total. The maximum Gasteiger partial charge on any atom is 0.267 e. The second-order valence-corrected chi connectivity index (χ2v) is 10.2. The number of hydrogen-bond acceptors (Lipinski definition) is 3. The average molecular weight is 470 g/mol. The van der Waals surface area contributed by atoms with Gasteiger partial charge in [0.2, 0.25) is 10.0 Å². The van der Waals surface area contributed by atoms with Gasteiger partial charge in [-0.1, -0.05) is 55.8 Å². The number of hydrogen-bond donors (Lipinski definition) is 1. The molecule has 0 saturated carbocycles. The van der Waals surface area contributed by atoms with Crippen LogP contribution in [0, 0.1) is 0 Å². The quantitative estimate of drug-likeness (QED) is 0.642. The van der Waals surface area contributed by atoms with Gasteiger partial charge < -0.3 is 9.88 Å². The van der Waals surface area contributed by atoms with Gasteiger partial charge in [0.1, 0.15) is 10.6 Å². The van der Waals surface area contributed by atoms with Crippen molar-refractivity contribution < 1.29 is 13.2 Å². The van der Waals surface area contributed by atoms with Crippen LogP contribution in [-0.2, 0) is 22.5 Å². The van der Waals surface area contributed by atoms with E-state index in [4.69, 9.17) is 0 Å². The van der Waals surface area contributed by atoms with Crippen molar-refractivity contribution in [2.75, 3.05) is 19.6 Å². The van der Waals surface area contributed by atoms with Crippen molar-refractivity contribution in [3.63, 3.8) is 0 Å². The summed E-state index contributed by atoms with van der Waals surface area (Å²) in [5.74, 6) is -0.298. The third-order valence-electron chi connectivity index (χ3n) is 4.87. The molecule has 0 unspecified atom stereocenters. The molecule has 2 aromatic rings.